The number of hydrogen-bond donors (Lipinski definition) is 1. The van der Waals surface area contributed by atoms with E-state index in [1.165, 1.54) is 6.07 Å². The smallest absolute Gasteiger partial charge is 0.136 e. The molecule has 1 unspecified atom stereocenters. The van der Waals surface area contributed by atoms with Crippen LogP contribution in [-0.4, -0.2) is 11.7 Å². The Morgan fingerprint density at radius 1 is 1.44 bits per heavy atom. The summed E-state index contributed by atoms with van der Waals surface area (Å²) in [5, 5.41) is 10.0. The molecule has 1 aliphatic heterocycles. The molecule has 2 nitrogen and oxygen atoms in total. The number of allylic oxidation sites excluding steroid dienone is 1. The maximum Gasteiger partial charge on any atom is 0.136 e. The van der Waals surface area contributed by atoms with E-state index in [1.807, 2.05) is 6.08 Å². The average Bonchev–Trinajstić information content (AvgIpc) is 2.33. The first kappa shape index (κ1) is 11.1. The number of benzene rings is 1. The summed E-state index contributed by atoms with van der Waals surface area (Å²) in [5.74, 6) is 0.238. The van der Waals surface area contributed by atoms with Crippen LogP contribution in [0.4, 0.5) is 4.39 Å². The lowest BCUT2D eigenvalue weighted by atomic mass is 10.0. The standard InChI is InChI=1S/C13H15FO2/c1-9-5-6-10(8-11(9)14)13(15)12-4-2-3-7-16-12/h4-6,8,13,15H,2-3,7H2,1H3. The molecule has 1 aromatic carbocycles. The Balaban J connectivity index is 2.22. The van der Waals surface area contributed by atoms with Crippen LogP contribution in [-0.2, 0) is 4.74 Å². The quantitative estimate of drug-likeness (QED) is 0.833. The Morgan fingerprint density at radius 2 is 2.25 bits per heavy atom. The van der Waals surface area contributed by atoms with Crippen LogP contribution in [0.1, 0.15) is 30.1 Å². The van der Waals surface area contributed by atoms with Gasteiger partial charge < -0.3 is 9.84 Å². The summed E-state index contributed by atoms with van der Waals surface area (Å²) in [6.07, 6.45) is 2.89. The molecule has 0 aliphatic carbocycles. The summed E-state index contributed by atoms with van der Waals surface area (Å²) >= 11 is 0. The fourth-order valence-corrected chi connectivity index (χ4v) is 1.71. The third-order valence-electron chi connectivity index (χ3n) is 2.74. The van der Waals surface area contributed by atoms with Gasteiger partial charge in [-0.1, -0.05) is 12.1 Å². The molecule has 1 aromatic rings. The van der Waals surface area contributed by atoms with Crippen LogP contribution in [0.3, 0.4) is 0 Å². The maximum absolute atomic E-state index is 13.3. The van der Waals surface area contributed by atoms with Crippen molar-refractivity contribution in [2.45, 2.75) is 25.9 Å². The molecule has 0 fully saturated rings. The van der Waals surface area contributed by atoms with E-state index in [0.717, 1.165) is 12.8 Å². The minimum absolute atomic E-state index is 0.298. The Hall–Kier alpha value is -1.35. The van der Waals surface area contributed by atoms with E-state index in [2.05, 4.69) is 0 Å². The second kappa shape index (κ2) is 4.66. The Bertz CT molecular complexity index is 412. The molecule has 0 amide bonds. The summed E-state index contributed by atoms with van der Waals surface area (Å²) in [6, 6.07) is 4.75. The van der Waals surface area contributed by atoms with E-state index in [9.17, 15) is 9.50 Å². The van der Waals surface area contributed by atoms with E-state index < -0.39 is 6.10 Å². The van der Waals surface area contributed by atoms with Crippen molar-refractivity contribution in [3.05, 3.63) is 47.0 Å². The molecule has 0 saturated carbocycles. The van der Waals surface area contributed by atoms with Crippen molar-refractivity contribution < 1.29 is 14.2 Å². The topological polar surface area (TPSA) is 29.5 Å². The van der Waals surface area contributed by atoms with Gasteiger partial charge in [0.1, 0.15) is 17.7 Å². The lowest BCUT2D eigenvalue weighted by Crippen LogP contribution is -2.10. The molecular formula is C13H15FO2. The van der Waals surface area contributed by atoms with E-state index in [4.69, 9.17) is 4.74 Å². The van der Waals surface area contributed by atoms with Gasteiger partial charge in [0.2, 0.25) is 0 Å². The van der Waals surface area contributed by atoms with Crippen LogP contribution in [0.2, 0.25) is 0 Å². The number of aliphatic hydroxyl groups excluding tert-OH is 1. The van der Waals surface area contributed by atoms with Crippen molar-refractivity contribution in [3.63, 3.8) is 0 Å². The summed E-state index contributed by atoms with van der Waals surface area (Å²) in [4.78, 5) is 0. The van der Waals surface area contributed by atoms with Gasteiger partial charge >= 0.3 is 0 Å². The molecule has 1 atom stereocenters. The van der Waals surface area contributed by atoms with Gasteiger partial charge in [0.15, 0.2) is 0 Å². The zero-order valence-electron chi connectivity index (χ0n) is 9.24. The molecule has 0 aromatic heterocycles. The molecule has 0 spiro atoms. The van der Waals surface area contributed by atoms with E-state index >= 15 is 0 Å². The zero-order valence-corrected chi connectivity index (χ0v) is 9.24. The van der Waals surface area contributed by atoms with Gasteiger partial charge in [0.25, 0.3) is 0 Å². The van der Waals surface area contributed by atoms with Crippen molar-refractivity contribution in [1.29, 1.82) is 0 Å². The van der Waals surface area contributed by atoms with Gasteiger partial charge in [0.05, 0.1) is 6.61 Å². The average molecular weight is 222 g/mol. The molecule has 16 heavy (non-hydrogen) atoms. The number of halogens is 1. The molecule has 0 saturated heterocycles. The molecule has 2 rings (SSSR count). The molecule has 0 bridgehead atoms. The van der Waals surface area contributed by atoms with Gasteiger partial charge in [-0.15, -0.1) is 0 Å². The first-order chi connectivity index (χ1) is 7.68. The van der Waals surface area contributed by atoms with Crippen LogP contribution in [0.5, 0.6) is 0 Å². The van der Waals surface area contributed by atoms with Gasteiger partial charge in [-0.25, -0.2) is 4.39 Å². The highest BCUT2D eigenvalue weighted by molar-refractivity contribution is 5.28. The van der Waals surface area contributed by atoms with Gasteiger partial charge in [-0.05, 0) is 43.0 Å². The second-order valence-electron chi connectivity index (χ2n) is 4.01. The van der Waals surface area contributed by atoms with E-state index in [1.54, 1.807) is 19.1 Å². The number of aryl methyl sites for hydroxylation is 1. The monoisotopic (exact) mass is 222 g/mol. The van der Waals surface area contributed by atoms with Crippen molar-refractivity contribution in [2.75, 3.05) is 6.61 Å². The highest BCUT2D eigenvalue weighted by Crippen LogP contribution is 2.26. The van der Waals surface area contributed by atoms with Gasteiger partial charge in [-0.2, -0.15) is 0 Å². The Kier molecular flexibility index (Phi) is 3.25. The summed E-state index contributed by atoms with van der Waals surface area (Å²) < 4.78 is 18.7. The van der Waals surface area contributed by atoms with Crippen molar-refractivity contribution in [3.8, 4) is 0 Å². The fourth-order valence-electron chi connectivity index (χ4n) is 1.71. The van der Waals surface area contributed by atoms with E-state index in [-0.39, 0.29) is 5.82 Å². The molecule has 0 radical (unpaired) electrons. The minimum atomic E-state index is -0.851. The third-order valence-corrected chi connectivity index (χ3v) is 2.74. The van der Waals surface area contributed by atoms with Crippen molar-refractivity contribution in [2.24, 2.45) is 0 Å². The molecule has 1 heterocycles. The second-order valence-corrected chi connectivity index (χ2v) is 4.01. The molecule has 86 valence electrons. The largest absolute Gasteiger partial charge is 0.495 e. The zero-order chi connectivity index (χ0) is 11.5. The van der Waals surface area contributed by atoms with Crippen LogP contribution in [0.25, 0.3) is 0 Å². The van der Waals surface area contributed by atoms with Crippen LogP contribution < -0.4 is 0 Å². The van der Waals surface area contributed by atoms with Gasteiger partial charge in [-0.3, -0.25) is 0 Å². The predicted molar refractivity (Wildman–Crippen MR) is 59.4 cm³/mol. The van der Waals surface area contributed by atoms with Crippen LogP contribution in [0, 0.1) is 12.7 Å². The highest BCUT2D eigenvalue weighted by atomic mass is 19.1. The lowest BCUT2D eigenvalue weighted by molar-refractivity contribution is 0.0916. The summed E-state index contributed by atoms with van der Waals surface area (Å²) in [5.41, 5.74) is 1.12. The molecular weight excluding hydrogens is 207 g/mol. The molecule has 1 aliphatic rings. The summed E-state index contributed by atoms with van der Waals surface area (Å²) in [6.45, 7) is 2.32. The maximum atomic E-state index is 13.3. The Labute approximate surface area is 94.4 Å². The Morgan fingerprint density at radius 3 is 2.88 bits per heavy atom. The number of ether oxygens (including phenoxy) is 1. The third kappa shape index (κ3) is 2.25. The minimum Gasteiger partial charge on any atom is -0.495 e. The first-order valence-corrected chi connectivity index (χ1v) is 5.45. The lowest BCUT2D eigenvalue weighted by Gasteiger charge is -2.20. The number of hydrogen-bond acceptors (Lipinski definition) is 2. The normalized spacial score (nSPS) is 17.6. The highest BCUT2D eigenvalue weighted by Gasteiger charge is 2.17. The van der Waals surface area contributed by atoms with Crippen LogP contribution >= 0.6 is 0 Å². The SMILES string of the molecule is Cc1ccc(C(O)C2=CCCCO2)cc1F. The fraction of sp³-hybridized carbons (Fsp3) is 0.385. The van der Waals surface area contributed by atoms with Crippen molar-refractivity contribution >= 4 is 0 Å². The van der Waals surface area contributed by atoms with E-state index in [0.29, 0.717) is 23.5 Å². The molecule has 3 heteroatoms. The summed E-state index contributed by atoms with van der Waals surface area (Å²) in [7, 11) is 0. The molecule has 1 N–H and O–H groups in total. The number of rotatable bonds is 2. The van der Waals surface area contributed by atoms with Crippen LogP contribution in [0.15, 0.2) is 30.0 Å². The van der Waals surface area contributed by atoms with Gasteiger partial charge in [0, 0.05) is 0 Å². The number of aliphatic hydroxyl groups is 1. The first-order valence-electron chi connectivity index (χ1n) is 5.45. The van der Waals surface area contributed by atoms with Crippen molar-refractivity contribution in [1.82, 2.24) is 0 Å². The predicted octanol–water partition coefficient (Wildman–Crippen LogP) is 2.86.